The minimum absolute atomic E-state index is 0.112. The highest BCUT2D eigenvalue weighted by Crippen LogP contribution is 2.18. The van der Waals surface area contributed by atoms with Crippen molar-refractivity contribution in [2.75, 3.05) is 20.2 Å². The van der Waals surface area contributed by atoms with E-state index in [4.69, 9.17) is 4.74 Å². The van der Waals surface area contributed by atoms with Crippen LogP contribution in [0.2, 0.25) is 0 Å². The largest absolute Gasteiger partial charge is 0.453 e. The lowest BCUT2D eigenvalue weighted by atomic mass is 10.0. The van der Waals surface area contributed by atoms with Crippen LogP contribution >= 0.6 is 0 Å². The SMILES string of the molecule is COC(=O)N1CCCC[C@H]1C(=O)NCCc1cn[nH]c1. The van der Waals surface area contributed by atoms with Gasteiger partial charge in [0.15, 0.2) is 0 Å². The van der Waals surface area contributed by atoms with Gasteiger partial charge in [0.1, 0.15) is 6.04 Å². The predicted molar refractivity (Wildman–Crippen MR) is 72.1 cm³/mol. The van der Waals surface area contributed by atoms with E-state index in [0.717, 1.165) is 18.4 Å². The predicted octanol–water partition coefficient (Wildman–Crippen LogP) is 0.689. The van der Waals surface area contributed by atoms with E-state index >= 15 is 0 Å². The highest BCUT2D eigenvalue weighted by atomic mass is 16.5. The Morgan fingerprint density at radius 2 is 2.40 bits per heavy atom. The molecule has 1 fully saturated rings. The molecule has 0 unspecified atom stereocenters. The molecule has 2 rings (SSSR count). The molecule has 2 amide bonds. The van der Waals surface area contributed by atoms with E-state index in [9.17, 15) is 9.59 Å². The number of amides is 2. The van der Waals surface area contributed by atoms with Gasteiger partial charge < -0.3 is 10.1 Å². The maximum Gasteiger partial charge on any atom is 0.410 e. The molecule has 1 aliphatic rings. The normalized spacial score (nSPS) is 18.6. The van der Waals surface area contributed by atoms with Gasteiger partial charge in [-0.1, -0.05) is 0 Å². The van der Waals surface area contributed by atoms with E-state index in [1.165, 1.54) is 12.0 Å². The molecule has 0 aliphatic carbocycles. The zero-order valence-corrected chi connectivity index (χ0v) is 11.6. The van der Waals surface area contributed by atoms with Gasteiger partial charge in [-0.05, 0) is 31.2 Å². The molecule has 0 aromatic carbocycles. The summed E-state index contributed by atoms with van der Waals surface area (Å²) in [5, 5.41) is 9.45. The number of hydrogen-bond donors (Lipinski definition) is 2. The highest BCUT2D eigenvalue weighted by Gasteiger charge is 2.32. The number of aromatic nitrogens is 2. The van der Waals surface area contributed by atoms with Gasteiger partial charge in [0.05, 0.1) is 13.3 Å². The van der Waals surface area contributed by atoms with Gasteiger partial charge in [-0.3, -0.25) is 14.8 Å². The van der Waals surface area contributed by atoms with Crippen LogP contribution in [0.25, 0.3) is 0 Å². The second kappa shape index (κ2) is 6.93. The summed E-state index contributed by atoms with van der Waals surface area (Å²) in [5.41, 5.74) is 1.04. The van der Waals surface area contributed by atoms with Crippen LogP contribution < -0.4 is 5.32 Å². The Bertz CT molecular complexity index is 446. The first-order valence-electron chi connectivity index (χ1n) is 6.82. The van der Waals surface area contributed by atoms with Crippen LogP contribution in [-0.4, -0.2) is 53.3 Å². The molecule has 0 bridgehead atoms. The molecular weight excluding hydrogens is 260 g/mol. The second-order valence-electron chi connectivity index (χ2n) is 4.82. The zero-order valence-electron chi connectivity index (χ0n) is 11.6. The maximum atomic E-state index is 12.2. The highest BCUT2D eigenvalue weighted by molar-refractivity contribution is 5.85. The summed E-state index contributed by atoms with van der Waals surface area (Å²) < 4.78 is 4.73. The van der Waals surface area contributed by atoms with E-state index < -0.39 is 12.1 Å². The number of hydrogen-bond acceptors (Lipinski definition) is 4. The summed E-state index contributed by atoms with van der Waals surface area (Å²) >= 11 is 0. The molecular formula is C13H20N4O3. The van der Waals surface area contributed by atoms with Crippen LogP contribution in [0, 0.1) is 0 Å². The molecule has 0 spiro atoms. The van der Waals surface area contributed by atoms with Gasteiger partial charge in [0.25, 0.3) is 0 Å². The molecule has 0 saturated carbocycles. The van der Waals surface area contributed by atoms with Crippen molar-refractivity contribution in [3.8, 4) is 0 Å². The molecule has 1 aromatic heterocycles. The number of rotatable bonds is 4. The fourth-order valence-electron chi connectivity index (χ4n) is 2.40. The number of nitrogens with zero attached hydrogens (tertiary/aromatic N) is 2. The molecule has 7 heteroatoms. The summed E-state index contributed by atoms with van der Waals surface area (Å²) in [4.78, 5) is 25.3. The van der Waals surface area contributed by atoms with Gasteiger partial charge in [-0.2, -0.15) is 5.10 Å². The maximum absolute atomic E-state index is 12.2. The lowest BCUT2D eigenvalue weighted by Gasteiger charge is -2.33. The number of H-pyrrole nitrogens is 1. The molecule has 1 atom stereocenters. The summed E-state index contributed by atoms with van der Waals surface area (Å²) in [6.07, 6.45) is 6.36. The molecule has 0 radical (unpaired) electrons. The van der Waals surface area contributed by atoms with Crippen molar-refractivity contribution in [2.45, 2.75) is 31.7 Å². The zero-order chi connectivity index (χ0) is 14.4. The van der Waals surface area contributed by atoms with Crippen LogP contribution in [-0.2, 0) is 16.0 Å². The van der Waals surface area contributed by atoms with E-state index in [1.54, 1.807) is 12.4 Å². The number of ether oxygens (including phenoxy) is 1. The van der Waals surface area contributed by atoms with E-state index in [0.29, 0.717) is 25.9 Å². The second-order valence-corrected chi connectivity index (χ2v) is 4.82. The van der Waals surface area contributed by atoms with Crippen LogP contribution in [0.3, 0.4) is 0 Å². The fraction of sp³-hybridized carbons (Fsp3) is 0.615. The van der Waals surface area contributed by atoms with Gasteiger partial charge in [0, 0.05) is 19.3 Å². The minimum atomic E-state index is -0.431. The third kappa shape index (κ3) is 3.49. The Morgan fingerprint density at radius 1 is 1.55 bits per heavy atom. The molecule has 110 valence electrons. The van der Waals surface area contributed by atoms with Crippen LogP contribution in [0.1, 0.15) is 24.8 Å². The molecule has 2 N–H and O–H groups in total. The van der Waals surface area contributed by atoms with Crippen LogP contribution in [0.5, 0.6) is 0 Å². The molecule has 1 aromatic rings. The Kier molecular flexibility index (Phi) is 4.97. The van der Waals surface area contributed by atoms with Crippen molar-refractivity contribution in [2.24, 2.45) is 0 Å². The fourth-order valence-corrected chi connectivity index (χ4v) is 2.40. The number of likely N-dealkylation sites (tertiary alicyclic amines) is 1. The third-order valence-electron chi connectivity index (χ3n) is 3.48. The van der Waals surface area contributed by atoms with Crippen LogP contribution in [0.15, 0.2) is 12.4 Å². The smallest absolute Gasteiger partial charge is 0.410 e. The van der Waals surface area contributed by atoms with Crippen molar-refractivity contribution >= 4 is 12.0 Å². The Hall–Kier alpha value is -2.05. The number of piperidine rings is 1. The average molecular weight is 280 g/mol. The summed E-state index contributed by atoms with van der Waals surface area (Å²) in [5.74, 6) is -0.112. The Labute approximate surface area is 117 Å². The monoisotopic (exact) mass is 280 g/mol. The molecule has 7 nitrogen and oxygen atoms in total. The first-order valence-corrected chi connectivity index (χ1v) is 6.82. The molecule has 20 heavy (non-hydrogen) atoms. The van der Waals surface area contributed by atoms with Crippen molar-refractivity contribution in [3.05, 3.63) is 18.0 Å². The first kappa shape index (κ1) is 14.4. The molecule has 1 aliphatic heterocycles. The van der Waals surface area contributed by atoms with Crippen LogP contribution in [0.4, 0.5) is 4.79 Å². The molecule has 2 heterocycles. The van der Waals surface area contributed by atoms with E-state index in [1.807, 2.05) is 0 Å². The Balaban J connectivity index is 1.84. The lowest BCUT2D eigenvalue weighted by Crippen LogP contribution is -2.52. The number of nitrogens with one attached hydrogen (secondary N) is 2. The first-order chi connectivity index (χ1) is 9.72. The number of methoxy groups -OCH3 is 1. The van der Waals surface area contributed by atoms with E-state index in [2.05, 4.69) is 15.5 Å². The van der Waals surface area contributed by atoms with E-state index in [-0.39, 0.29) is 5.91 Å². The van der Waals surface area contributed by atoms with Gasteiger partial charge >= 0.3 is 6.09 Å². The summed E-state index contributed by atoms with van der Waals surface area (Å²) in [6.45, 7) is 1.11. The Morgan fingerprint density at radius 3 is 3.10 bits per heavy atom. The quantitative estimate of drug-likeness (QED) is 0.849. The van der Waals surface area contributed by atoms with Crippen molar-refractivity contribution in [1.82, 2.24) is 20.4 Å². The number of carbonyl (C=O) groups excluding carboxylic acids is 2. The lowest BCUT2D eigenvalue weighted by molar-refractivity contribution is -0.126. The standard InChI is InChI=1S/C13H20N4O3/c1-20-13(19)17-7-3-2-4-11(17)12(18)14-6-5-10-8-15-16-9-10/h8-9,11H,2-7H2,1H3,(H,14,18)(H,15,16)/t11-/m0/s1. The van der Waals surface area contributed by atoms with Crippen molar-refractivity contribution in [1.29, 1.82) is 0 Å². The minimum Gasteiger partial charge on any atom is -0.453 e. The van der Waals surface area contributed by atoms with Crippen molar-refractivity contribution in [3.63, 3.8) is 0 Å². The van der Waals surface area contributed by atoms with Gasteiger partial charge in [0.2, 0.25) is 5.91 Å². The van der Waals surface area contributed by atoms with Gasteiger partial charge in [-0.15, -0.1) is 0 Å². The third-order valence-corrected chi connectivity index (χ3v) is 3.48. The number of aromatic amines is 1. The van der Waals surface area contributed by atoms with Gasteiger partial charge in [-0.25, -0.2) is 4.79 Å². The average Bonchev–Trinajstić information content (AvgIpc) is 2.99. The summed E-state index contributed by atoms with van der Waals surface area (Å²) in [6, 6.07) is -0.416. The number of carbonyl (C=O) groups is 2. The summed E-state index contributed by atoms with van der Waals surface area (Å²) in [7, 11) is 1.34. The topological polar surface area (TPSA) is 87.3 Å². The molecule has 1 saturated heterocycles. The van der Waals surface area contributed by atoms with Crippen molar-refractivity contribution < 1.29 is 14.3 Å².